The number of carbonyl (C=O) groups is 2. The standard InChI is InChI=1S/C26H36N2O4/c1-19(25(30)27-26(2,3)4)28(17-16-20-10-8-7-9-11-20)24(29)15-13-21-12-14-22(31-5)23(18-21)32-6/h7-12,14,18-19H,13,15-17H2,1-6H3,(H,27,30)/t19-/m0/s1. The summed E-state index contributed by atoms with van der Waals surface area (Å²) in [7, 11) is 3.18. The lowest BCUT2D eigenvalue weighted by Crippen LogP contribution is -2.53. The maximum atomic E-state index is 13.2. The lowest BCUT2D eigenvalue weighted by Gasteiger charge is -2.31. The molecule has 1 N–H and O–H groups in total. The second-order valence-corrected chi connectivity index (χ2v) is 8.93. The lowest BCUT2D eigenvalue weighted by molar-refractivity contribution is -0.140. The van der Waals surface area contributed by atoms with Crippen LogP contribution >= 0.6 is 0 Å². The molecule has 0 fully saturated rings. The number of methoxy groups -OCH3 is 2. The first-order valence-corrected chi connectivity index (χ1v) is 11.0. The molecule has 0 aliphatic rings. The summed E-state index contributed by atoms with van der Waals surface area (Å²) in [5, 5.41) is 2.99. The first-order chi connectivity index (χ1) is 15.1. The van der Waals surface area contributed by atoms with Crippen LogP contribution in [-0.2, 0) is 22.4 Å². The molecule has 0 saturated heterocycles. The van der Waals surface area contributed by atoms with E-state index in [9.17, 15) is 9.59 Å². The predicted octanol–water partition coefficient (Wildman–Crippen LogP) is 4.01. The third kappa shape index (κ3) is 7.59. The minimum absolute atomic E-state index is 0.0488. The van der Waals surface area contributed by atoms with Gasteiger partial charge in [-0.15, -0.1) is 0 Å². The summed E-state index contributed by atoms with van der Waals surface area (Å²) in [6.45, 7) is 8.08. The van der Waals surface area contributed by atoms with Crippen LogP contribution in [0.1, 0.15) is 45.2 Å². The van der Waals surface area contributed by atoms with Crippen molar-refractivity contribution in [3.63, 3.8) is 0 Å². The molecule has 6 nitrogen and oxygen atoms in total. The molecule has 32 heavy (non-hydrogen) atoms. The fraction of sp³-hybridized carbons (Fsp3) is 0.462. The normalized spacial score (nSPS) is 12.1. The molecule has 6 heteroatoms. The zero-order valence-electron chi connectivity index (χ0n) is 20.1. The lowest BCUT2D eigenvalue weighted by atomic mass is 10.1. The number of hydrogen-bond donors (Lipinski definition) is 1. The molecule has 0 spiro atoms. The van der Waals surface area contributed by atoms with Gasteiger partial charge in [0.15, 0.2) is 11.5 Å². The number of nitrogens with zero attached hydrogens (tertiary/aromatic N) is 1. The van der Waals surface area contributed by atoms with Crippen molar-refractivity contribution in [3.8, 4) is 11.5 Å². The van der Waals surface area contributed by atoms with E-state index in [0.717, 1.165) is 11.1 Å². The maximum absolute atomic E-state index is 13.2. The number of ether oxygens (including phenoxy) is 2. The molecule has 0 radical (unpaired) electrons. The van der Waals surface area contributed by atoms with Gasteiger partial charge in [0, 0.05) is 18.5 Å². The van der Waals surface area contributed by atoms with E-state index in [1.165, 1.54) is 0 Å². The molecule has 1 atom stereocenters. The fourth-order valence-corrected chi connectivity index (χ4v) is 3.48. The van der Waals surface area contributed by atoms with E-state index in [0.29, 0.717) is 37.3 Å². The van der Waals surface area contributed by atoms with Crippen LogP contribution in [0, 0.1) is 0 Å². The second kappa shape index (κ2) is 11.6. The molecule has 2 aromatic rings. The Kier molecular flexibility index (Phi) is 9.12. The Morgan fingerprint density at radius 2 is 1.59 bits per heavy atom. The van der Waals surface area contributed by atoms with Gasteiger partial charge in [0.05, 0.1) is 14.2 Å². The number of benzene rings is 2. The summed E-state index contributed by atoms with van der Waals surface area (Å²) in [5.74, 6) is 1.09. The quantitative estimate of drug-likeness (QED) is 0.606. The number of rotatable bonds is 10. The van der Waals surface area contributed by atoms with E-state index >= 15 is 0 Å². The highest BCUT2D eigenvalue weighted by molar-refractivity contribution is 5.87. The Labute approximate surface area is 191 Å². The van der Waals surface area contributed by atoms with Gasteiger partial charge in [-0.1, -0.05) is 36.4 Å². The average Bonchev–Trinajstić information content (AvgIpc) is 2.76. The van der Waals surface area contributed by atoms with Crippen molar-refractivity contribution in [2.75, 3.05) is 20.8 Å². The molecular formula is C26H36N2O4. The van der Waals surface area contributed by atoms with Crippen LogP contribution in [0.3, 0.4) is 0 Å². The van der Waals surface area contributed by atoms with E-state index in [4.69, 9.17) is 9.47 Å². The molecule has 0 heterocycles. The summed E-state index contributed by atoms with van der Waals surface area (Å²) in [6, 6.07) is 15.1. The van der Waals surface area contributed by atoms with Gasteiger partial charge in [-0.25, -0.2) is 0 Å². The van der Waals surface area contributed by atoms with Crippen LogP contribution < -0.4 is 14.8 Å². The van der Waals surface area contributed by atoms with Crippen LogP contribution in [-0.4, -0.2) is 49.1 Å². The van der Waals surface area contributed by atoms with E-state index in [-0.39, 0.29) is 17.4 Å². The monoisotopic (exact) mass is 440 g/mol. The van der Waals surface area contributed by atoms with Crippen molar-refractivity contribution in [2.45, 2.75) is 58.5 Å². The average molecular weight is 441 g/mol. The summed E-state index contributed by atoms with van der Waals surface area (Å²) < 4.78 is 10.6. The van der Waals surface area contributed by atoms with Crippen LogP contribution in [0.5, 0.6) is 11.5 Å². The topological polar surface area (TPSA) is 67.9 Å². The number of hydrogen-bond acceptors (Lipinski definition) is 4. The fourth-order valence-electron chi connectivity index (χ4n) is 3.48. The molecule has 2 rings (SSSR count). The minimum Gasteiger partial charge on any atom is -0.493 e. The van der Waals surface area contributed by atoms with Crippen LogP contribution in [0.15, 0.2) is 48.5 Å². The van der Waals surface area contributed by atoms with Gasteiger partial charge in [0.2, 0.25) is 11.8 Å². The summed E-state index contributed by atoms with van der Waals surface area (Å²) >= 11 is 0. The number of carbonyl (C=O) groups excluding carboxylic acids is 2. The molecular weight excluding hydrogens is 404 g/mol. The van der Waals surface area contributed by atoms with Crippen molar-refractivity contribution < 1.29 is 19.1 Å². The highest BCUT2D eigenvalue weighted by Crippen LogP contribution is 2.28. The minimum atomic E-state index is -0.559. The van der Waals surface area contributed by atoms with Gasteiger partial charge < -0.3 is 19.7 Å². The van der Waals surface area contributed by atoms with E-state index < -0.39 is 6.04 Å². The molecule has 0 aromatic heterocycles. The smallest absolute Gasteiger partial charge is 0.242 e. The Morgan fingerprint density at radius 3 is 2.19 bits per heavy atom. The van der Waals surface area contributed by atoms with Crippen molar-refractivity contribution >= 4 is 11.8 Å². The van der Waals surface area contributed by atoms with Crippen molar-refractivity contribution in [3.05, 3.63) is 59.7 Å². The Hall–Kier alpha value is -3.02. The van der Waals surface area contributed by atoms with Crippen molar-refractivity contribution in [1.82, 2.24) is 10.2 Å². The molecule has 0 aliphatic carbocycles. The molecule has 174 valence electrons. The maximum Gasteiger partial charge on any atom is 0.242 e. The summed E-state index contributed by atoms with van der Waals surface area (Å²) in [5.41, 5.74) is 1.75. The number of aryl methyl sites for hydroxylation is 1. The molecule has 0 bridgehead atoms. The third-order valence-electron chi connectivity index (χ3n) is 5.23. The van der Waals surface area contributed by atoms with E-state index in [1.807, 2.05) is 69.3 Å². The number of amides is 2. The van der Waals surface area contributed by atoms with Gasteiger partial charge in [0.1, 0.15) is 6.04 Å². The molecule has 0 saturated carbocycles. The highest BCUT2D eigenvalue weighted by Gasteiger charge is 2.27. The SMILES string of the molecule is COc1ccc(CCC(=O)N(CCc2ccccc2)[C@@H](C)C(=O)NC(C)(C)C)cc1OC. The van der Waals surface area contributed by atoms with Gasteiger partial charge in [0.25, 0.3) is 0 Å². The van der Waals surface area contributed by atoms with Crippen molar-refractivity contribution in [2.24, 2.45) is 0 Å². The largest absolute Gasteiger partial charge is 0.493 e. The van der Waals surface area contributed by atoms with Crippen LogP contribution in [0.2, 0.25) is 0 Å². The Morgan fingerprint density at radius 1 is 0.938 bits per heavy atom. The van der Waals surface area contributed by atoms with Gasteiger partial charge in [-0.2, -0.15) is 0 Å². The van der Waals surface area contributed by atoms with Crippen LogP contribution in [0.25, 0.3) is 0 Å². The Balaban J connectivity index is 2.12. The zero-order chi connectivity index (χ0) is 23.7. The van der Waals surface area contributed by atoms with E-state index in [1.54, 1.807) is 26.0 Å². The predicted molar refractivity (Wildman–Crippen MR) is 127 cm³/mol. The molecule has 2 amide bonds. The first kappa shape index (κ1) is 25.2. The highest BCUT2D eigenvalue weighted by atomic mass is 16.5. The van der Waals surface area contributed by atoms with Gasteiger partial charge >= 0.3 is 0 Å². The summed E-state index contributed by atoms with van der Waals surface area (Å²) in [6.07, 6.45) is 1.54. The zero-order valence-corrected chi connectivity index (χ0v) is 20.1. The van der Waals surface area contributed by atoms with Gasteiger partial charge in [-0.05, 0) is 63.8 Å². The number of nitrogens with one attached hydrogen (secondary N) is 1. The van der Waals surface area contributed by atoms with Crippen LogP contribution in [0.4, 0.5) is 0 Å². The van der Waals surface area contributed by atoms with E-state index in [2.05, 4.69) is 5.32 Å². The van der Waals surface area contributed by atoms with Gasteiger partial charge in [-0.3, -0.25) is 9.59 Å². The molecule has 2 aromatic carbocycles. The Bertz CT molecular complexity index is 890. The summed E-state index contributed by atoms with van der Waals surface area (Å²) in [4.78, 5) is 27.7. The molecule has 0 unspecified atom stereocenters. The second-order valence-electron chi connectivity index (χ2n) is 8.93. The first-order valence-electron chi connectivity index (χ1n) is 11.0. The third-order valence-corrected chi connectivity index (χ3v) is 5.23. The molecule has 0 aliphatic heterocycles. The van der Waals surface area contributed by atoms with Crippen molar-refractivity contribution in [1.29, 1.82) is 0 Å².